The lowest BCUT2D eigenvalue weighted by Crippen LogP contribution is -2.33. The first-order valence-corrected chi connectivity index (χ1v) is 10.8. The van der Waals surface area contributed by atoms with Crippen molar-refractivity contribution in [1.82, 2.24) is 0 Å². The molecule has 0 amide bonds. The van der Waals surface area contributed by atoms with Crippen LogP contribution in [0.2, 0.25) is 0 Å². The summed E-state index contributed by atoms with van der Waals surface area (Å²) in [7, 11) is 12.6. The zero-order chi connectivity index (χ0) is 23.9. The minimum atomic E-state index is -0.524. The van der Waals surface area contributed by atoms with Crippen molar-refractivity contribution in [2.75, 3.05) is 55.4 Å². The van der Waals surface area contributed by atoms with Gasteiger partial charge in [-0.1, -0.05) is 12.1 Å². The number of quaternary nitrogens is 2. The highest BCUT2D eigenvalue weighted by Gasteiger charge is 2.11. The van der Waals surface area contributed by atoms with Crippen LogP contribution in [0.15, 0.2) is 46.4 Å². The number of phenols is 1. The van der Waals surface area contributed by atoms with Crippen LogP contribution in [-0.4, -0.2) is 93.1 Å². The molecule has 0 aliphatic heterocycles. The fraction of sp³-hybridized carbons (Fsp3) is 0.440. The molecule has 0 aliphatic carbocycles. The number of phenolic OH excluding ortho intramolecular Hbond substituents is 1. The first kappa shape index (κ1) is 25.5. The normalized spacial score (nSPS) is 13.8. The summed E-state index contributed by atoms with van der Waals surface area (Å²) < 4.78 is 1.56. The molecule has 7 nitrogen and oxygen atoms in total. The van der Waals surface area contributed by atoms with E-state index >= 15 is 0 Å². The van der Waals surface area contributed by atoms with Crippen LogP contribution in [0.1, 0.15) is 22.3 Å². The molecule has 0 fully saturated rings. The van der Waals surface area contributed by atoms with Crippen molar-refractivity contribution < 1.29 is 24.3 Å². The summed E-state index contributed by atoms with van der Waals surface area (Å²) in [4.78, 5) is 8.62. The SMILES string of the molecule is C[N+](C)(C)Cc1ccc([O-])c(C=NCC([OH2+])CN=Cc2cc(C[N+](C)(C)C)ccc2O)c1. The van der Waals surface area contributed by atoms with E-state index in [0.717, 1.165) is 33.2 Å². The van der Waals surface area contributed by atoms with Gasteiger partial charge in [-0.15, -0.1) is 5.75 Å². The molecule has 1 atom stereocenters. The van der Waals surface area contributed by atoms with Gasteiger partial charge in [0.25, 0.3) is 0 Å². The van der Waals surface area contributed by atoms with Gasteiger partial charge in [-0.25, -0.2) is 0 Å². The molecule has 2 aromatic rings. The molecule has 2 aromatic carbocycles. The number of rotatable bonds is 10. The first-order valence-electron chi connectivity index (χ1n) is 10.8. The van der Waals surface area contributed by atoms with E-state index in [-0.39, 0.29) is 24.6 Å². The van der Waals surface area contributed by atoms with Crippen molar-refractivity contribution in [2.24, 2.45) is 9.98 Å². The number of benzene rings is 2. The van der Waals surface area contributed by atoms with Crippen LogP contribution in [0, 0.1) is 0 Å². The summed E-state index contributed by atoms with van der Waals surface area (Å²) in [6.45, 7) is 2.18. The molecule has 3 N–H and O–H groups in total. The van der Waals surface area contributed by atoms with Crippen molar-refractivity contribution in [2.45, 2.75) is 19.2 Å². The average molecular weight is 443 g/mol. The van der Waals surface area contributed by atoms with Crippen LogP contribution in [-0.2, 0) is 13.1 Å². The minimum absolute atomic E-state index is 0.0669. The van der Waals surface area contributed by atoms with Crippen LogP contribution in [0.5, 0.6) is 11.5 Å². The van der Waals surface area contributed by atoms with Gasteiger partial charge < -0.3 is 24.3 Å². The van der Waals surface area contributed by atoms with E-state index in [2.05, 4.69) is 52.3 Å². The molecule has 174 valence electrons. The lowest BCUT2D eigenvalue weighted by atomic mass is 10.1. The fourth-order valence-corrected chi connectivity index (χ4v) is 3.31. The maximum atomic E-state index is 12.1. The minimum Gasteiger partial charge on any atom is -0.872 e. The molecule has 0 radical (unpaired) electrons. The second-order valence-electron chi connectivity index (χ2n) is 10.3. The molecule has 0 bridgehead atoms. The summed E-state index contributed by atoms with van der Waals surface area (Å²) in [6.07, 6.45) is 2.65. The molecule has 0 saturated heterocycles. The standard InChI is InChI=1S/C25H36N4O3/c1-28(2,3)17-19-7-9-24(31)21(11-19)13-26-15-23(30)16-27-14-22-12-20(8-10-25(22)32)18-29(4,5)6/h7-14,23,30H,15-18H2,1-6H3/p+2. The highest BCUT2D eigenvalue weighted by molar-refractivity contribution is 5.84. The molecule has 1 unspecified atom stereocenters. The van der Waals surface area contributed by atoms with Gasteiger partial charge >= 0.3 is 0 Å². The van der Waals surface area contributed by atoms with E-state index < -0.39 is 6.10 Å². The van der Waals surface area contributed by atoms with Crippen molar-refractivity contribution in [3.05, 3.63) is 58.7 Å². The van der Waals surface area contributed by atoms with Gasteiger partial charge in [0.15, 0.2) is 6.10 Å². The van der Waals surface area contributed by atoms with E-state index in [1.807, 2.05) is 24.3 Å². The van der Waals surface area contributed by atoms with E-state index in [1.165, 1.54) is 0 Å². The highest BCUT2D eigenvalue weighted by atomic mass is 16.3. The summed E-state index contributed by atoms with van der Waals surface area (Å²) >= 11 is 0. The van der Waals surface area contributed by atoms with E-state index in [0.29, 0.717) is 11.1 Å². The molecular formula is C25H38N4O3+2. The zero-order valence-corrected chi connectivity index (χ0v) is 20.2. The monoisotopic (exact) mass is 442 g/mol. The Morgan fingerprint density at radius 1 is 0.844 bits per heavy atom. The third-order valence-corrected chi connectivity index (χ3v) is 4.59. The van der Waals surface area contributed by atoms with Gasteiger partial charge in [0.05, 0.1) is 42.3 Å². The van der Waals surface area contributed by atoms with Crippen LogP contribution in [0.3, 0.4) is 0 Å². The first-order chi connectivity index (χ1) is 14.8. The van der Waals surface area contributed by atoms with Crippen LogP contribution >= 0.6 is 0 Å². The van der Waals surface area contributed by atoms with Gasteiger partial charge in [-0.05, 0) is 29.8 Å². The van der Waals surface area contributed by atoms with Gasteiger partial charge in [0.2, 0.25) is 0 Å². The topological polar surface area (TPSA) is 90.9 Å². The maximum Gasteiger partial charge on any atom is 0.193 e. The molecule has 0 aromatic heterocycles. The Hall–Kier alpha value is -2.74. The predicted molar refractivity (Wildman–Crippen MR) is 130 cm³/mol. The van der Waals surface area contributed by atoms with Gasteiger partial charge in [0, 0.05) is 29.1 Å². The van der Waals surface area contributed by atoms with Gasteiger partial charge in [-0.2, -0.15) is 0 Å². The second-order valence-corrected chi connectivity index (χ2v) is 10.3. The molecule has 2 rings (SSSR count). The summed E-state index contributed by atoms with van der Waals surface area (Å²) in [5.41, 5.74) is 3.39. The van der Waals surface area contributed by atoms with Crippen molar-refractivity contribution in [3.63, 3.8) is 0 Å². The van der Waals surface area contributed by atoms with Crippen LogP contribution in [0.25, 0.3) is 0 Å². The number of aromatic hydroxyl groups is 1. The lowest BCUT2D eigenvalue weighted by molar-refractivity contribution is -0.884. The van der Waals surface area contributed by atoms with Gasteiger partial charge in [0.1, 0.15) is 31.9 Å². The fourth-order valence-electron chi connectivity index (χ4n) is 3.31. The van der Waals surface area contributed by atoms with Crippen LogP contribution < -0.4 is 5.11 Å². The summed E-state index contributed by atoms with van der Waals surface area (Å²) in [5, 5.41) is 30.3. The quantitative estimate of drug-likeness (QED) is 0.343. The Morgan fingerprint density at radius 2 is 1.31 bits per heavy atom. The third kappa shape index (κ3) is 9.18. The molecule has 0 saturated carbocycles. The number of hydrogen-bond acceptors (Lipinski definition) is 4. The van der Waals surface area contributed by atoms with Crippen molar-refractivity contribution >= 4 is 12.4 Å². The van der Waals surface area contributed by atoms with Crippen molar-refractivity contribution in [1.29, 1.82) is 0 Å². The Kier molecular flexibility index (Phi) is 8.55. The molecule has 32 heavy (non-hydrogen) atoms. The summed E-state index contributed by atoms with van der Waals surface area (Å²) in [6, 6.07) is 10.8. The van der Waals surface area contributed by atoms with Crippen molar-refractivity contribution in [3.8, 4) is 11.5 Å². The zero-order valence-electron chi connectivity index (χ0n) is 20.2. The molecular weight excluding hydrogens is 404 g/mol. The number of nitrogens with zero attached hydrogens (tertiary/aromatic N) is 4. The third-order valence-electron chi connectivity index (χ3n) is 4.59. The molecule has 0 spiro atoms. The Morgan fingerprint density at radius 3 is 1.84 bits per heavy atom. The number of aliphatic imine (C=N–C) groups is 2. The van der Waals surface area contributed by atoms with E-state index in [4.69, 9.17) is 5.11 Å². The average Bonchev–Trinajstić information content (AvgIpc) is 2.64. The lowest BCUT2D eigenvalue weighted by Gasteiger charge is -2.24. The number of hydrogen-bond donors (Lipinski definition) is 1. The molecule has 0 heterocycles. The van der Waals surface area contributed by atoms with Gasteiger partial charge in [-0.3, -0.25) is 9.98 Å². The molecule has 0 aliphatic rings. The smallest absolute Gasteiger partial charge is 0.193 e. The summed E-state index contributed by atoms with van der Waals surface area (Å²) in [5.74, 6) is 0.109. The highest BCUT2D eigenvalue weighted by Crippen LogP contribution is 2.19. The second kappa shape index (κ2) is 10.7. The Bertz CT molecular complexity index is 879. The van der Waals surface area contributed by atoms with Crippen LogP contribution in [0.4, 0.5) is 0 Å². The largest absolute Gasteiger partial charge is 0.872 e. The predicted octanol–water partition coefficient (Wildman–Crippen LogP) is 1.51. The van der Waals surface area contributed by atoms with E-state index in [9.17, 15) is 10.2 Å². The Balaban J connectivity index is 1.94. The maximum absolute atomic E-state index is 12.1. The molecule has 7 heteroatoms. The Labute approximate surface area is 191 Å². The van der Waals surface area contributed by atoms with E-state index in [1.54, 1.807) is 24.6 Å².